The Morgan fingerprint density at radius 1 is 1.24 bits per heavy atom. The summed E-state index contributed by atoms with van der Waals surface area (Å²) in [6.07, 6.45) is 4.88. The third kappa shape index (κ3) is 5.92. The molecule has 0 saturated heterocycles. The predicted octanol–water partition coefficient (Wildman–Crippen LogP) is 4.67. The van der Waals surface area contributed by atoms with E-state index in [9.17, 15) is 9.36 Å². The smallest absolute Gasteiger partial charge is 0.323 e. The summed E-state index contributed by atoms with van der Waals surface area (Å²) in [6.45, 7) is 0.0275. The van der Waals surface area contributed by atoms with E-state index < -0.39 is 8.25 Å². The van der Waals surface area contributed by atoms with E-state index in [4.69, 9.17) is 4.89 Å². The van der Waals surface area contributed by atoms with Crippen LogP contribution < -0.4 is 5.32 Å². The molecule has 7 nitrogen and oxygen atoms in total. The molecule has 9 heteroatoms. The van der Waals surface area contributed by atoms with Gasteiger partial charge in [-0.25, -0.2) is 0 Å². The highest BCUT2D eigenvalue weighted by Gasteiger charge is 2.12. The van der Waals surface area contributed by atoms with Gasteiger partial charge < -0.3 is 5.32 Å². The fourth-order valence-electron chi connectivity index (χ4n) is 2.70. The molecule has 0 spiro atoms. The number of halogens is 1. The van der Waals surface area contributed by atoms with E-state index in [1.807, 2.05) is 31.3 Å². The minimum atomic E-state index is -2.63. The molecule has 1 aromatic heterocycles. The lowest BCUT2D eigenvalue weighted by Gasteiger charge is -2.05. The van der Waals surface area contributed by atoms with Gasteiger partial charge in [-0.1, -0.05) is 40.2 Å². The van der Waals surface area contributed by atoms with Crippen molar-refractivity contribution in [3.05, 3.63) is 76.4 Å². The van der Waals surface area contributed by atoms with Crippen LogP contribution in [0.1, 0.15) is 11.1 Å². The SMILES string of the molecule is Cn1ncc(C=CC(=O)Nc2ccc(CO[P+](=O)O)cc2)c1-c1ccc(Br)cc1. The number of hydrogen-bond acceptors (Lipinski definition) is 4. The highest BCUT2D eigenvalue weighted by atomic mass is 79.9. The van der Waals surface area contributed by atoms with Gasteiger partial charge in [-0.2, -0.15) is 5.10 Å². The van der Waals surface area contributed by atoms with Crippen molar-refractivity contribution in [3.8, 4) is 11.3 Å². The minimum Gasteiger partial charge on any atom is -0.323 e. The second-order valence-electron chi connectivity index (χ2n) is 6.11. The van der Waals surface area contributed by atoms with Crippen LogP contribution in [0.4, 0.5) is 5.69 Å². The number of amides is 1. The Morgan fingerprint density at radius 2 is 1.93 bits per heavy atom. The molecule has 1 heterocycles. The number of benzene rings is 2. The number of aryl methyl sites for hydroxylation is 1. The van der Waals surface area contributed by atoms with E-state index in [1.54, 1.807) is 41.2 Å². The van der Waals surface area contributed by atoms with Crippen molar-refractivity contribution in [1.82, 2.24) is 9.78 Å². The Bertz CT molecular complexity index is 1050. The van der Waals surface area contributed by atoms with E-state index in [0.717, 1.165) is 26.9 Å². The summed E-state index contributed by atoms with van der Waals surface area (Å²) in [5.74, 6) is -0.280. The van der Waals surface area contributed by atoms with Crippen molar-refractivity contribution in [1.29, 1.82) is 0 Å². The molecule has 0 saturated carbocycles. The highest BCUT2D eigenvalue weighted by Crippen LogP contribution is 2.26. The van der Waals surface area contributed by atoms with E-state index >= 15 is 0 Å². The molecule has 29 heavy (non-hydrogen) atoms. The Kier molecular flexibility index (Phi) is 7.06. The first kappa shape index (κ1) is 21.1. The number of nitrogens with one attached hydrogen (secondary N) is 1. The molecule has 0 aliphatic carbocycles. The molecule has 2 N–H and O–H groups in total. The molecule has 0 aliphatic rings. The number of carbonyl (C=O) groups is 1. The Balaban J connectivity index is 1.67. The molecule has 0 bridgehead atoms. The molecule has 1 unspecified atom stereocenters. The van der Waals surface area contributed by atoms with Gasteiger partial charge in [-0.05, 0) is 35.9 Å². The van der Waals surface area contributed by atoms with Crippen LogP contribution in [0.25, 0.3) is 17.3 Å². The van der Waals surface area contributed by atoms with Crippen LogP contribution in [0, 0.1) is 0 Å². The molecule has 3 aromatic rings. The summed E-state index contributed by atoms with van der Waals surface area (Å²) in [7, 11) is -0.776. The largest absolute Gasteiger partial charge is 0.695 e. The molecule has 148 valence electrons. The lowest BCUT2D eigenvalue weighted by molar-refractivity contribution is -0.111. The summed E-state index contributed by atoms with van der Waals surface area (Å²) in [4.78, 5) is 20.9. The number of carbonyl (C=O) groups excluding carboxylic acids is 1. The standard InChI is InChI=1S/C20H17BrN3O4P/c1-24-20(15-4-7-17(21)8-5-15)16(12-22-24)6-11-19(25)23-18-9-2-14(3-10-18)13-28-29(26)27/h2-12H,13H2,1H3,(H-,23,25,26,27)/p+1. The van der Waals surface area contributed by atoms with E-state index in [1.165, 1.54) is 6.08 Å². The average molecular weight is 475 g/mol. The first-order valence-electron chi connectivity index (χ1n) is 8.57. The van der Waals surface area contributed by atoms with Crippen LogP contribution in [0.3, 0.4) is 0 Å². The van der Waals surface area contributed by atoms with Gasteiger partial charge in [0.1, 0.15) is 6.61 Å². The predicted molar refractivity (Wildman–Crippen MR) is 115 cm³/mol. The molecule has 1 atom stereocenters. The zero-order chi connectivity index (χ0) is 20.8. The number of aromatic nitrogens is 2. The first-order chi connectivity index (χ1) is 13.9. The third-order valence-electron chi connectivity index (χ3n) is 4.06. The summed E-state index contributed by atoms with van der Waals surface area (Å²) in [5.41, 5.74) is 4.07. The van der Waals surface area contributed by atoms with E-state index in [0.29, 0.717) is 5.69 Å². The summed E-state index contributed by atoms with van der Waals surface area (Å²) < 4.78 is 18.0. The topological polar surface area (TPSA) is 93.5 Å². The quantitative estimate of drug-likeness (QED) is 0.383. The van der Waals surface area contributed by atoms with Gasteiger partial charge in [-0.15, -0.1) is 9.42 Å². The van der Waals surface area contributed by atoms with Crippen molar-refractivity contribution in [2.24, 2.45) is 7.05 Å². The van der Waals surface area contributed by atoms with Gasteiger partial charge in [0.05, 0.1) is 11.9 Å². The van der Waals surface area contributed by atoms with Crippen molar-refractivity contribution >= 4 is 41.9 Å². The monoisotopic (exact) mass is 474 g/mol. The van der Waals surface area contributed by atoms with Crippen molar-refractivity contribution in [2.75, 3.05) is 5.32 Å². The molecule has 3 rings (SSSR count). The average Bonchev–Trinajstić information content (AvgIpc) is 3.07. The normalized spacial score (nSPS) is 11.6. The summed E-state index contributed by atoms with van der Waals surface area (Å²) >= 11 is 3.43. The molecule has 0 aliphatic heterocycles. The highest BCUT2D eigenvalue weighted by molar-refractivity contribution is 9.10. The van der Waals surface area contributed by atoms with Gasteiger partial charge in [0.25, 0.3) is 0 Å². The van der Waals surface area contributed by atoms with Gasteiger partial charge in [-0.3, -0.25) is 9.48 Å². The minimum absolute atomic E-state index is 0.0275. The van der Waals surface area contributed by atoms with Gasteiger partial charge in [0.15, 0.2) is 0 Å². The van der Waals surface area contributed by atoms with Crippen LogP contribution in [-0.4, -0.2) is 20.6 Å². The lowest BCUT2D eigenvalue weighted by Crippen LogP contribution is -2.07. The van der Waals surface area contributed by atoms with Crippen LogP contribution >= 0.6 is 24.2 Å². The third-order valence-corrected chi connectivity index (χ3v) is 4.94. The first-order valence-corrected chi connectivity index (χ1v) is 10.5. The van der Waals surface area contributed by atoms with Crippen LogP contribution in [0.5, 0.6) is 0 Å². The van der Waals surface area contributed by atoms with Gasteiger partial charge in [0, 0.05) is 39.0 Å². The maximum Gasteiger partial charge on any atom is 0.695 e. The Morgan fingerprint density at radius 3 is 2.59 bits per heavy atom. The van der Waals surface area contributed by atoms with Crippen LogP contribution in [0.15, 0.2) is 65.3 Å². The Hall–Kier alpha value is -2.64. The zero-order valence-corrected chi connectivity index (χ0v) is 17.9. The molecule has 0 radical (unpaired) electrons. The summed E-state index contributed by atoms with van der Waals surface area (Å²) in [5, 5.41) is 7.06. The molecular weight excluding hydrogens is 457 g/mol. The van der Waals surface area contributed by atoms with Gasteiger partial charge >= 0.3 is 8.25 Å². The maximum absolute atomic E-state index is 12.3. The van der Waals surface area contributed by atoms with Crippen LogP contribution in [-0.2, 0) is 27.5 Å². The van der Waals surface area contributed by atoms with Crippen molar-refractivity contribution in [2.45, 2.75) is 6.61 Å². The zero-order valence-electron chi connectivity index (χ0n) is 15.4. The molecule has 0 fully saturated rings. The van der Waals surface area contributed by atoms with Crippen molar-refractivity contribution < 1.29 is 18.8 Å². The fraction of sp³-hybridized carbons (Fsp3) is 0.100. The fourth-order valence-corrected chi connectivity index (χ4v) is 3.23. The number of anilines is 1. The number of nitrogens with zero attached hydrogens (tertiary/aromatic N) is 2. The molecule has 2 aromatic carbocycles. The summed E-state index contributed by atoms with van der Waals surface area (Å²) in [6, 6.07) is 14.7. The second kappa shape index (κ2) is 9.71. The number of hydrogen-bond donors (Lipinski definition) is 2. The lowest BCUT2D eigenvalue weighted by atomic mass is 10.1. The van der Waals surface area contributed by atoms with Crippen molar-refractivity contribution in [3.63, 3.8) is 0 Å². The molecule has 1 amide bonds. The van der Waals surface area contributed by atoms with E-state index in [-0.39, 0.29) is 12.5 Å². The van der Waals surface area contributed by atoms with E-state index in [2.05, 4.69) is 30.9 Å². The number of rotatable bonds is 7. The van der Waals surface area contributed by atoms with Crippen LogP contribution in [0.2, 0.25) is 0 Å². The maximum atomic E-state index is 12.3. The van der Waals surface area contributed by atoms with Gasteiger partial charge in [0.2, 0.25) is 5.91 Å². The second-order valence-corrected chi connectivity index (χ2v) is 7.76. The molecular formula is C20H18BrN3O4P+. The Labute approximate surface area is 177 Å².